The predicted molar refractivity (Wildman–Crippen MR) is 76.0 cm³/mol. The quantitative estimate of drug-likeness (QED) is 0.770. The molecule has 2 bridgehead atoms. The lowest BCUT2D eigenvalue weighted by atomic mass is 9.73. The van der Waals surface area contributed by atoms with Gasteiger partial charge in [-0.25, -0.2) is 0 Å². The van der Waals surface area contributed by atoms with E-state index in [1.165, 1.54) is 12.6 Å². The molecule has 1 amide bonds. The van der Waals surface area contributed by atoms with Crippen molar-refractivity contribution in [1.29, 1.82) is 0 Å². The number of pyridine rings is 1. The van der Waals surface area contributed by atoms with Crippen LogP contribution >= 0.6 is 15.9 Å². The molecule has 5 nitrogen and oxygen atoms in total. The van der Waals surface area contributed by atoms with E-state index >= 15 is 0 Å². The van der Waals surface area contributed by atoms with Gasteiger partial charge < -0.3 is 15.6 Å². The first-order valence-corrected chi connectivity index (χ1v) is 7.35. The number of hydrogen-bond donors (Lipinski definition) is 3. The monoisotopic (exact) mass is 325 g/mol. The van der Waals surface area contributed by atoms with Crippen LogP contribution in [0.25, 0.3) is 0 Å². The molecule has 1 aromatic rings. The number of fused-ring (bicyclic) bond motifs is 3. The Morgan fingerprint density at radius 2 is 2.21 bits per heavy atom. The summed E-state index contributed by atoms with van der Waals surface area (Å²) >= 11 is 3.16. The van der Waals surface area contributed by atoms with Crippen LogP contribution in [0.1, 0.15) is 19.3 Å². The summed E-state index contributed by atoms with van der Waals surface area (Å²) in [5.74, 6) is 0.526. The molecule has 2 saturated heterocycles. The zero-order valence-electron chi connectivity index (χ0n) is 10.4. The molecule has 1 aromatic heterocycles. The molecule has 3 aliphatic rings. The van der Waals surface area contributed by atoms with Gasteiger partial charge in [-0.15, -0.1) is 0 Å². The van der Waals surface area contributed by atoms with Crippen LogP contribution in [0.15, 0.2) is 21.7 Å². The third-order valence-electron chi connectivity index (χ3n) is 4.12. The highest BCUT2D eigenvalue weighted by Crippen LogP contribution is 2.34. The topological polar surface area (TPSA) is 74.0 Å². The minimum Gasteiger partial charge on any atom is -0.365 e. The van der Waals surface area contributed by atoms with Crippen LogP contribution in [0, 0.1) is 11.8 Å². The Kier molecular flexibility index (Phi) is 3.45. The number of carbonyl (C=O) groups is 1. The number of rotatable bonds is 2. The molecule has 0 radical (unpaired) electrons. The fourth-order valence-electron chi connectivity index (χ4n) is 3.07. The van der Waals surface area contributed by atoms with Gasteiger partial charge in [0.25, 0.3) is 0 Å². The van der Waals surface area contributed by atoms with Gasteiger partial charge in [0.15, 0.2) is 0 Å². The second-order valence-electron chi connectivity index (χ2n) is 5.34. The Labute approximate surface area is 119 Å². The first-order valence-electron chi connectivity index (χ1n) is 6.56. The minimum atomic E-state index is -0.193. The summed E-state index contributed by atoms with van der Waals surface area (Å²) in [5.41, 5.74) is 0.113. The summed E-state index contributed by atoms with van der Waals surface area (Å²) in [5, 5.41) is 6.16. The highest BCUT2D eigenvalue weighted by Gasteiger charge is 2.39. The number of halogens is 1. The van der Waals surface area contributed by atoms with E-state index in [1.54, 1.807) is 6.20 Å². The number of anilines is 1. The van der Waals surface area contributed by atoms with Crippen LogP contribution < -0.4 is 16.1 Å². The SMILES string of the molecule is O=C(Nc1c[nH]cc(Br)c1=O)C1CC2CCC1NC2. The molecule has 19 heavy (non-hydrogen) atoms. The summed E-state index contributed by atoms with van der Waals surface area (Å²) in [6, 6.07) is 0.260. The van der Waals surface area contributed by atoms with Crippen molar-refractivity contribution in [3.8, 4) is 0 Å². The van der Waals surface area contributed by atoms with E-state index < -0.39 is 0 Å². The fourth-order valence-corrected chi connectivity index (χ4v) is 3.42. The fraction of sp³-hybridized carbons (Fsp3) is 0.538. The second-order valence-corrected chi connectivity index (χ2v) is 6.19. The normalized spacial score (nSPS) is 29.2. The maximum Gasteiger partial charge on any atom is 0.229 e. The van der Waals surface area contributed by atoms with Crippen molar-refractivity contribution in [2.24, 2.45) is 11.8 Å². The number of aromatic nitrogens is 1. The molecule has 3 N–H and O–H groups in total. The van der Waals surface area contributed by atoms with Crippen LogP contribution in [-0.2, 0) is 4.79 Å². The third-order valence-corrected chi connectivity index (χ3v) is 4.71. The van der Waals surface area contributed by atoms with E-state index in [1.807, 2.05) is 0 Å². The number of H-pyrrole nitrogens is 1. The third kappa shape index (κ3) is 2.47. The zero-order chi connectivity index (χ0) is 13.4. The summed E-state index contributed by atoms with van der Waals surface area (Å²) in [7, 11) is 0. The smallest absolute Gasteiger partial charge is 0.229 e. The summed E-state index contributed by atoms with van der Waals surface area (Å²) in [6.45, 7) is 1.02. The van der Waals surface area contributed by atoms with Gasteiger partial charge in [0, 0.05) is 18.4 Å². The molecule has 1 aliphatic carbocycles. The standard InChI is InChI=1S/C13H16BrN3O2/c14-9-5-15-6-11(12(9)18)17-13(19)8-3-7-1-2-10(8)16-4-7/h5-8,10,16H,1-4H2,(H,15,18)(H,17,19). The Balaban J connectivity index is 1.75. The Hall–Kier alpha value is -1.14. The Morgan fingerprint density at radius 3 is 2.84 bits per heavy atom. The van der Waals surface area contributed by atoms with E-state index in [9.17, 15) is 9.59 Å². The van der Waals surface area contributed by atoms with E-state index in [-0.39, 0.29) is 23.3 Å². The number of hydrogen-bond acceptors (Lipinski definition) is 3. The van der Waals surface area contributed by atoms with Gasteiger partial charge in [0.2, 0.25) is 11.3 Å². The molecule has 0 spiro atoms. The van der Waals surface area contributed by atoms with E-state index in [0.717, 1.165) is 19.4 Å². The molecule has 4 rings (SSSR count). The van der Waals surface area contributed by atoms with Crippen molar-refractivity contribution >= 4 is 27.5 Å². The van der Waals surface area contributed by atoms with Crippen molar-refractivity contribution in [2.75, 3.05) is 11.9 Å². The van der Waals surface area contributed by atoms with E-state index in [4.69, 9.17) is 0 Å². The number of piperidine rings is 2. The van der Waals surface area contributed by atoms with Crippen molar-refractivity contribution in [2.45, 2.75) is 25.3 Å². The number of nitrogens with one attached hydrogen (secondary N) is 3. The molecule has 6 heteroatoms. The van der Waals surface area contributed by atoms with Gasteiger partial charge in [0.1, 0.15) is 5.69 Å². The lowest BCUT2D eigenvalue weighted by molar-refractivity contribution is -0.123. The number of amides is 1. The second kappa shape index (κ2) is 5.09. The van der Waals surface area contributed by atoms with Gasteiger partial charge in [-0.2, -0.15) is 0 Å². The van der Waals surface area contributed by atoms with Crippen LogP contribution in [0.3, 0.4) is 0 Å². The minimum absolute atomic E-state index is 0.0223. The van der Waals surface area contributed by atoms with Crippen LogP contribution in [-0.4, -0.2) is 23.5 Å². The maximum atomic E-state index is 12.3. The van der Waals surface area contributed by atoms with Crippen molar-refractivity contribution in [3.05, 3.63) is 27.1 Å². The molecule has 3 atom stereocenters. The van der Waals surface area contributed by atoms with Crippen molar-refractivity contribution in [3.63, 3.8) is 0 Å². The molecule has 0 aromatic carbocycles. The van der Waals surface area contributed by atoms with Crippen LogP contribution in [0.5, 0.6) is 0 Å². The molecule has 2 aliphatic heterocycles. The molecule has 1 saturated carbocycles. The lowest BCUT2D eigenvalue weighted by Gasteiger charge is -2.42. The molecule has 102 valence electrons. The van der Waals surface area contributed by atoms with E-state index in [0.29, 0.717) is 16.1 Å². The molecule has 3 heterocycles. The summed E-state index contributed by atoms with van der Waals surface area (Å²) in [4.78, 5) is 27.0. The summed E-state index contributed by atoms with van der Waals surface area (Å²) < 4.78 is 0.425. The highest BCUT2D eigenvalue weighted by atomic mass is 79.9. The van der Waals surface area contributed by atoms with Crippen molar-refractivity contribution < 1.29 is 4.79 Å². The number of carbonyl (C=O) groups excluding carboxylic acids is 1. The van der Waals surface area contributed by atoms with Crippen LogP contribution in [0.4, 0.5) is 5.69 Å². The van der Waals surface area contributed by atoms with Crippen molar-refractivity contribution in [1.82, 2.24) is 10.3 Å². The molecule has 3 unspecified atom stereocenters. The van der Waals surface area contributed by atoms with Gasteiger partial charge in [-0.1, -0.05) is 0 Å². The van der Waals surface area contributed by atoms with E-state index in [2.05, 4.69) is 31.5 Å². The van der Waals surface area contributed by atoms with Gasteiger partial charge in [0.05, 0.1) is 10.4 Å². The highest BCUT2D eigenvalue weighted by molar-refractivity contribution is 9.10. The molecular formula is C13H16BrN3O2. The Morgan fingerprint density at radius 1 is 1.37 bits per heavy atom. The number of aromatic amines is 1. The van der Waals surface area contributed by atoms with Gasteiger partial charge in [-0.3, -0.25) is 9.59 Å². The maximum absolute atomic E-state index is 12.3. The summed E-state index contributed by atoms with van der Waals surface area (Å²) in [6.07, 6.45) is 6.27. The van der Waals surface area contributed by atoms with Gasteiger partial charge >= 0.3 is 0 Å². The molecule has 3 fully saturated rings. The predicted octanol–water partition coefficient (Wildman–Crippen LogP) is 1.46. The lowest BCUT2D eigenvalue weighted by Crippen LogP contribution is -2.53. The molecular weight excluding hydrogens is 310 g/mol. The zero-order valence-corrected chi connectivity index (χ0v) is 12.0. The van der Waals surface area contributed by atoms with Crippen LogP contribution in [0.2, 0.25) is 0 Å². The Bertz CT molecular complexity index is 549. The first kappa shape index (κ1) is 12.9. The first-order chi connectivity index (χ1) is 9.15. The average Bonchev–Trinajstić information content (AvgIpc) is 2.45. The average molecular weight is 326 g/mol. The largest absolute Gasteiger partial charge is 0.365 e. The van der Waals surface area contributed by atoms with Gasteiger partial charge in [-0.05, 0) is 47.7 Å².